The summed E-state index contributed by atoms with van der Waals surface area (Å²) in [5.74, 6) is -0.735. The minimum absolute atomic E-state index is 0.00102. The molecule has 4 aromatic rings. The minimum atomic E-state index is -4.48. The molecule has 1 amide bonds. The van der Waals surface area contributed by atoms with E-state index in [9.17, 15) is 22.9 Å². The van der Waals surface area contributed by atoms with Crippen LogP contribution in [0.15, 0.2) is 75.8 Å². The average Bonchev–Trinajstić information content (AvgIpc) is 2.85. The van der Waals surface area contributed by atoms with E-state index in [0.29, 0.717) is 27.2 Å². The number of fused-ring (bicyclic) bond motifs is 1. The molecule has 0 aliphatic rings. The Bertz CT molecular complexity index is 1690. The maximum atomic E-state index is 13.2. The predicted octanol–water partition coefficient (Wildman–Crippen LogP) is 7.08. The maximum absolute atomic E-state index is 13.2. The quantitative estimate of drug-likeness (QED) is 0.170. The Morgan fingerprint density at radius 1 is 1.03 bits per heavy atom. The van der Waals surface area contributed by atoms with Gasteiger partial charge in [0.1, 0.15) is 17.1 Å². The summed E-state index contributed by atoms with van der Waals surface area (Å²) in [6, 6.07) is 15.5. The highest BCUT2D eigenvalue weighted by Gasteiger charge is 2.20. The molecule has 0 aromatic heterocycles. The molecule has 0 spiro atoms. The van der Waals surface area contributed by atoms with Gasteiger partial charge in [0.25, 0.3) is 16.0 Å². The van der Waals surface area contributed by atoms with Gasteiger partial charge in [0.05, 0.1) is 28.3 Å². The van der Waals surface area contributed by atoms with Gasteiger partial charge in [-0.3, -0.25) is 9.35 Å². The molecule has 0 aliphatic carbocycles. The van der Waals surface area contributed by atoms with E-state index in [0.717, 1.165) is 6.07 Å². The number of rotatable bonds is 6. The van der Waals surface area contributed by atoms with Crippen LogP contribution in [-0.4, -0.2) is 31.1 Å². The number of halogens is 2. The largest absolute Gasteiger partial charge is 0.505 e. The van der Waals surface area contributed by atoms with E-state index >= 15 is 0 Å². The van der Waals surface area contributed by atoms with Gasteiger partial charge in [0, 0.05) is 16.5 Å². The molecular weight excluding hydrogens is 541 g/mol. The molecule has 12 heteroatoms. The second kappa shape index (κ2) is 10.3. The first-order valence-electron chi connectivity index (χ1n) is 10.6. The third-order valence-electron chi connectivity index (χ3n) is 5.43. The van der Waals surface area contributed by atoms with Crippen LogP contribution in [0, 0.1) is 6.92 Å². The Balaban J connectivity index is 1.79. The molecule has 9 nitrogen and oxygen atoms in total. The van der Waals surface area contributed by atoms with E-state index < -0.39 is 21.8 Å². The first-order chi connectivity index (χ1) is 17.5. The highest BCUT2D eigenvalue weighted by atomic mass is 35.5. The number of aromatic hydroxyl groups is 1. The molecule has 0 radical (unpaired) electrons. The number of amides is 1. The first-order valence-corrected chi connectivity index (χ1v) is 12.8. The van der Waals surface area contributed by atoms with Crippen molar-refractivity contribution < 1.29 is 27.6 Å². The van der Waals surface area contributed by atoms with Gasteiger partial charge in [-0.1, -0.05) is 47.5 Å². The number of phenols is 1. The van der Waals surface area contributed by atoms with Crippen molar-refractivity contribution in [2.45, 2.75) is 11.8 Å². The molecule has 190 valence electrons. The molecule has 3 N–H and O–H groups in total. The van der Waals surface area contributed by atoms with Crippen molar-refractivity contribution in [1.29, 1.82) is 0 Å². The van der Waals surface area contributed by atoms with Gasteiger partial charge in [-0.15, -0.1) is 10.2 Å². The van der Waals surface area contributed by atoms with Crippen molar-refractivity contribution in [1.82, 2.24) is 0 Å². The van der Waals surface area contributed by atoms with Gasteiger partial charge in [0.2, 0.25) is 0 Å². The zero-order chi connectivity index (χ0) is 26.9. The van der Waals surface area contributed by atoms with Crippen LogP contribution >= 0.6 is 23.2 Å². The lowest BCUT2D eigenvalue weighted by Gasteiger charge is -2.13. The molecule has 0 fully saturated rings. The van der Waals surface area contributed by atoms with Crippen LogP contribution in [0.3, 0.4) is 0 Å². The van der Waals surface area contributed by atoms with Crippen LogP contribution in [0.4, 0.5) is 17.1 Å². The van der Waals surface area contributed by atoms with Crippen molar-refractivity contribution in [2.75, 3.05) is 12.4 Å². The van der Waals surface area contributed by atoms with Crippen molar-refractivity contribution in [3.05, 3.63) is 81.8 Å². The number of hydrogen-bond donors (Lipinski definition) is 3. The first kappa shape index (κ1) is 26.4. The van der Waals surface area contributed by atoms with E-state index in [-0.39, 0.29) is 32.4 Å². The summed E-state index contributed by atoms with van der Waals surface area (Å²) in [5.41, 5.74) is 0.553. The Labute approximate surface area is 222 Å². The number of nitrogens with zero attached hydrogens (tertiary/aromatic N) is 2. The van der Waals surface area contributed by atoms with Gasteiger partial charge in [-0.25, -0.2) is 0 Å². The fraction of sp³-hybridized carbons (Fsp3) is 0.0800. The number of methoxy groups -OCH3 is 1. The number of azo groups is 1. The lowest BCUT2D eigenvalue weighted by atomic mass is 10.0. The van der Waals surface area contributed by atoms with Crippen molar-refractivity contribution in [3.8, 4) is 11.5 Å². The summed E-state index contributed by atoms with van der Waals surface area (Å²) in [7, 11) is -3.05. The fourth-order valence-corrected chi connectivity index (χ4v) is 4.82. The number of hydrogen-bond acceptors (Lipinski definition) is 7. The topological polar surface area (TPSA) is 138 Å². The number of anilines is 1. The third-order valence-corrected chi connectivity index (χ3v) is 6.97. The van der Waals surface area contributed by atoms with E-state index in [1.54, 1.807) is 36.4 Å². The summed E-state index contributed by atoms with van der Waals surface area (Å²) in [6.45, 7) is 1.46. The SMILES string of the molecule is COc1cc(Cl)ccc1NC(=O)c1cc2ccccc2c(N=Nc2cc(C)c(S(=O)(=O)O)cc2Cl)c1O. The summed E-state index contributed by atoms with van der Waals surface area (Å²) in [6.07, 6.45) is 0. The highest BCUT2D eigenvalue weighted by Crippen LogP contribution is 2.41. The molecule has 0 saturated heterocycles. The fourth-order valence-electron chi connectivity index (χ4n) is 3.66. The highest BCUT2D eigenvalue weighted by molar-refractivity contribution is 7.85. The Kier molecular flexibility index (Phi) is 7.37. The number of carbonyl (C=O) groups excluding carboxylic acids is 1. The van der Waals surface area contributed by atoms with E-state index in [2.05, 4.69) is 15.5 Å². The number of carbonyl (C=O) groups is 1. The minimum Gasteiger partial charge on any atom is -0.505 e. The van der Waals surface area contributed by atoms with E-state index in [1.807, 2.05) is 0 Å². The molecule has 37 heavy (non-hydrogen) atoms. The number of benzene rings is 4. The lowest BCUT2D eigenvalue weighted by molar-refractivity contribution is 0.102. The second-order valence-corrected chi connectivity index (χ2v) is 10.1. The van der Waals surface area contributed by atoms with Gasteiger partial charge in [0.15, 0.2) is 5.75 Å². The third kappa shape index (κ3) is 5.52. The van der Waals surface area contributed by atoms with Gasteiger partial charge >= 0.3 is 0 Å². The summed E-state index contributed by atoms with van der Waals surface area (Å²) < 4.78 is 37.7. The molecule has 0 atom stereocenters. The van der Waals surface area contributed by atoms with Crippen molar-refractivity contribution in [2.24, 2.45) is 10.2 Å². The van der Waals surface area contributed by atoms with E-state index in [4.69, 9.17) is 27.9 Å². The molecule has 0 heterocycles. The number of aryl methyl sites for hydroxylation is 1. The molecule has 0 aliphatic heterocycles. The molecule has 4 aromatic carbocycles. The maximum Gasteiger partial charge on any atom is 0.294 e. The Morgan fingerprint density at radius 3 is 2.46 bits per heavy atom. The van der Waals surface area contributed by atoms with Crippen LogP contribution < -0.4 is 10.1 Å². The number of phenolic OH excluding ortho intramolecular Hbond substituents is 1. The van der Waals surface area contributed by atoms with Crippen LogP contribution in [0.25, 0.3) is 10.8 Å². The summed E-state index contributed by atoms with van der Waals surface area (Å²) >= 11 is 12.2. The molecule has 0 bridgehead atoms. The lowest BCUT2D eigenvalue weighted by Crippen LogP contribution is -2.13. The summed E-state index contributed by atoms with van der Waals surface area (Å²) in [4.78, 5) is 12.8. The standard InChI is InChI=1S/C25H19Cl2N3O6S/c1-13-9-20(18(27)12-22(13)37(33,34)35)29-30-23-16-6-4-3-5-14(16)10-17(24(23)31)25(32)28-19-8-7-15(26)11-21(19)36-2/h3-12,31H,1-2H3,(H,28,32)(H,33,34,35). The smallest absolute Gasteiger partial charge is 0.294 e. The molecule has 0 unspecified atom stereocenters. The van der Waals surface area contributed by atoms with Crippen LogP contribution in [0.1, 0.15) is 15.9 Å². The van der Waals surface area contributed by atoms with Crippen molar-refractivity contribution in [3.63, 3.8) is 0 Å². The number of nitrogens with one attached hydrogen (secondary N) is 1. The molecule has 4 rings (SSSR count). The molecule has 0 saturated carbocycles. The zero-order valence-electron chi connectivity index (χ0n) is 19.4. The monoisotopic (exact) mass is 559 g/mol. The van der Waals surface area contributed by atoms with Gasteiger partial charge in [-0.05, 0) is 48.2 Å². The van der Waals surface area contributed by atoms with Crippen molar-refractivity contribution >= 4 is 67.1 Å². The average molecular weight is 560 g/mol. The molecular formula is C25H19Cl2N3O6S. The normalized spacial score (nSPS) is 11.7. The Hall–Kier alpha value is -3.70. The number of ether oxygens (including phenoxy) is 1. The zero-order valence-corrected chi connectivity index (χ0v) is 21.7. The van der Waals surface area contributed by atoms with Crippen LogP contribution in [-0.2, 0) is 10.1 Å². The predicted molar refractivity (Wildman–Crippen MR) is 142 cm³/mol. The summed E-state index contributed by atoms with van der Waals surface area (Å²) in [5, 5.41) is 23.4. The van der Waals surface area contributed by atoms with E-state index in [1.165, 1.54) is 32.2 Å². The van der Waals surface area contributed by atoms with Gasteiger partial charge < -0.3 is 15.2 Å². The second-order valence-electron chi connectivity index (χ2n) is 7.89. The Morgan fingerprint density at radius 2 is 1.76 bits per heavy atom. The van der Waals surface area contributed by atoms with Crippen LogP contribution in [0.5, 0.6) is 11.5 Å². The van der Waals surface area contributed by atoms with Gasteiger partial charge in [-0.2, -0.15) is 8.42 Å². The van der Waals surface area contributed by atoms with Crippen LogP contribution in [0.2, 0.25) is 10.0 Å².